The van der Waals surface area contributed by atoms with Gasteiger partial charge in [0.05, 0.1) is 11.1 Å². The van der Waals surface area contributed by atoms with Gasteiger partial charge in [-0.25, -0.2) is 15.0 Å². The Morgan fingerprint density at radius 1 is 1.17 bits per heavy atom. The fraction of sp³-hybridized carbons (Fsp3) is 0.438. The minimum Gasteiger partial charge on any atom is -0.383 e. The van der Waals surface area contributed by atoms with Gasteiger partial charge >= 0.3 is 0 Å². The number of nitrogens with two attached hydrogens (primary N) is 1. The molecule has 3 aromatic rings. The average molecular weight is 363 g/mol. The Bertz CT molecular complexity index is 852. The molecule has 0 saturated heterocycles. The molecule has 0 unspecified atom stereocenters. The predicted molar refractivity (Wildman–Crippen MR) is 99.5 cm³/mol. The first-order valence-electron chi connectivity index (χ1n) is 7.82. The lowest BCUT2D eigenvalue weighted by molar-refractivity contribution is 0.713. The molecule has 0 radical (unpaired) electrons. The van der Waals surface area contributed by atoms with Gasteiger partial charge in [-0.05, 0) is 38.2 Å². The van der Waals surface area contributed by atoms with Crippen molar-refractivity contribution in [1.82, 2.24) is 15.0 Å². The summed E-state index contributed by atoms with van der Waals surface area (Å²) in [5, 5.41) is 3.18. The molecule has 3 heterocycles. The molecule has 4 nitrogen and oxygen atoms in total. The Hall–Kier alpha value is -1.18. The highest BCUT2D eigenvalue weighted by atomic mass is 32.2. The van der Waals surface area contributed by atoms with E-state index in [-0.39, 0.29) is 0 Å². The Morgan fingerprint density at radius 3 is 2.87 bits per heavy atom. The second-order valence-electron chi connectivity index (χ2n) is 5.81. The first-order chi connectivity index (χ1) is 11.2. The summed E-state index contributed by atoms with van der Waals surface area (Å²) in [4.78, 5) is 16.3. The minimum absolute atomic E-state index is 0.653. The Morgan fingerprint density at radius 2 is 2.04 bits per heavy atom. The Balaban J connectivity index is 1.64. The van der Waals surface area contributed by atoms with E-state index in [0.29, 0.717) is 5.82 Å². The highest BCUT2D eigenvalue weighted by Crippen LogP contribution is 2.37. The highest BCUT2D eigenvalue weighted by Gasteiger charge is 2.19. The van der Waals surface area contributed by atoms with Gasteiger partial charge in [-0.15, -0.1) is 22.7 Å². The van der Waals surface area contributed by atoms with Crippen LogP contribution < -0.4 is 5.73 Å². The molecule has 4 rings (SSSR count). The van der Waals surface area contributed by atoms with Gasteiger partial charge in [0, 0.05) is 16.0 Å². The van der Waals surface area contributed by atoms with Crippen LogP contribution in [-0.4, -0.2) is 15.0 Å². The van der Waals surface area contributed by atoms with Crippen molar-refractivity contribution in [2.75, 3.05) is 5.73 Å². The van der Waals surface area contributed by atoms with Gasteiger partial charge in [-0.3, -0.25) is 0 Å². The van der Waals surface area contributed by atoms with Gasteiger partial charge in [0.15, 0.2) is 4.34 Å². The summed E-state index contributed by atoms with van der Waals surface area (Å²) in [7, 11) is 0. The third-order valence-corrected chi connectivity index (χ3v) is 7.38. The van der Waals surface area contributed by atoms with Crippen molar-refractivity contribution < 1.29 is 0 Å². The molecule has 0 aliphatic heterocycles. The molecule has 0 fully saturated rings. The van der Waals surface area contributed by atoms with E-state index >= 15 is 0 Å². The third kappa shape index (κ3) is 3.09. The van der Waals surface area contributed by atoms with Crippen LogP contribution in [0.3, 0.4) is 0 Å². The number of fused-ring (bicyclic) bond motifs is 3. The van der Waals surface area contributed by atoms with Crippen molar-refractivity contribution in [3.63, 3.8) is 0 Å². The Labute approximate surface area is 147 Å². The van der Waals surface area contributed by atoms with Gasteiger partial charge in [0.25, 0.3) is 0 Å². The van der Waals surface area contributed by atoms with Gasteiger partial charge in [-0.1, -0.05) is 18.2 Å². The summed E-state index contributed by atoms with van der Waals surface area (Å²) >= 11 is 5.16. The second kappa shape index (κ2) is 6.37. The molecule has 3 aromatic heterocycles. The van der Waals surface area contributed by atoms with Crippen molar-refractivity contribution in [2.24, 2.45) is 0 Å². The summed E-state index contributed by atoms with van der Waals surface area (Å²) in [5.74, 6) is 2.18. The van der Waals surface area contributed by atoms with Crippen LogP contribution >= 0.6 is 34.4 Å². The summed E-state index contributed by atoms with van der Waals surface area (Å²) in [6, 6.07) is 0. The summed E-state index contributed by atoms with van der Waals surface area (Å²) in [5.41, 5.74) is 8.76. The Kier molecular flexibility index (Phi) is 4.26. The topological polar surface area (TPSA) is 64.7 Å². The smallest absolute Gasteiger partial charge is 0.150 e. The molecule has 7 heteroatoms. The van der Waals surface area contributed by atoms with E-state index in [1.54, 1.807) is 23.1 Å². The number of thioether (sulfide) groups is 1. The maximum atomic E-state index is 6.28. The van der Waals surface area contributed by atoms with E-state index in [2.05, 4.69) is 15.3 Å². The van der Waals surface area contributed by atoms with Crippen molar-refractivity contribution in [3.05, 3.63) is 27.3 Å². The molecule has 0 atom stereocenters. The van der Waals surface area contributed by atoms with Crippen LogP contribution in [0.5, 0.6) is 0 Å². The van der Waals surface area contributed by atoms with E-state index in [4.69, 9.17) is 10.7 Å². The van der Waals surface area contributed by atoms with Crippen LogP contribution in [0, 0.1) is 6.92 Å². The zero-order chi connectivity index (χ0) is 15.8. The number of aromatic nitrogens is 3. The van der Waals surface area contributed by atoms with Gasteiger partial charge in [0.1, 0.15) is 16.5 Å². The zero-order valence-corrected chi connectivity index (χ0v) is 15.4. The SMILES string of the molecule is Cc1csc(SCc2nc(N)c3c4c(sc3n2)CCCCC4)n1. The molecule has 1 aliphatic carbocycles. The van der Waals surface area contributed by atoms with Crippen LogP contribution in [-0.2, 0) is 18.6 Å². The summed E-state index contributed by atoms with van der Waals surface area (Å²) in [6.45, 7) is 2.01. The van der Waals surface area contributed by atoms with Crippen LogP contribution in [0.1, 0.15) is 41.2 Å². The van der Waals surface area contributed by atoms with E-state index in [0.717, 1.165) is 44.7 Å². The fourth-order valence-corrected chi connectivity index (χ4v) is 5.99. The third-order valence-electron chi connectivity index (χ3n) is 4.06. The molecule has 0 amide bonds. The van der Waals surface area contributed by atoms with Crippen LogP contribution in [0.25, 0.3) is 10.2 Å². The minimum atomic E-state index is 0.653. The predicted octanol–water partition coefficient (Wildman–Crippen LogP) is 4.60. The number of aryl methyl sites for hydroxylation is 3. The number of rotatable bonds is 3. The van der Waals surface area contributed by atoms with Gasteiger partial charge < -0.3 is 5.73 Å². The molecular weight excluding hydrogens is 344 g/mol. The lowest BCUT2D eigenvalue weighted by Crippen LogP contribution is -2.00. The van der Waals surface area contributed by atoms with E-state index in [1.807, 2.05) is 18.3 Å². The van der Waals surface area contributed by atoms with Crippen LogP contribution in [0.2, 0.25) is 0 Å². The van der Waals surface area contributed by atoms with E-state index in [9.17, 15) is 0 Å². The lowest BCUT2D eigenvalue weighted by atomic mass is 10.1. The quantitative estimate of drug-likeness (QED) is 0.545. The molecule has 0 aromatic carbocycles. The van der Waals surface area contributed by atoms with E-state index in [1.165, 1.54) is 29.7 Å². The molecule has 0 bridgehead atoms. The maximum absolute atomic E-state index is 6.28. The summed E-state index contributed by atoms with van der Waals surface area (Å²) in [6.07, 6.45) is 6.12. The second-order valence-corrected chi connectivity index (χ2v) is 8.98. The zero-order valence-electron chi connectivity index (χ0n) is 13.0. The first-order valence-corrected chi connectivity index (χ1v) is 10.5. The molecule has 1 aliphatic rings. The van der Waals surface area contributed by atoms with Gasteiger partial charge in [-0.2, -0.15) is 0 Å². The maximum Gasteiger partial charge on any atom is 0.150 e. The number of nitrogen functional groups attached to an aromatic ring is 1. The van der Waals surface area contributed by atoms with Crippen molar-refractivity contribution in [1.29, 1.82) is 0 Å². The largest absolute Gasteiger partial charge is 0.383 e. The molecule has 0 saturated carbocycles. The monoisotopic (exact) mass is 362 g/mol. The first kappa shape index (κ1) is 15.4. The molecular formula is C16H18N4S3. The van der Waals surface area contributed by atoms with Crippen molar-refractivity contribution in [3.8, 4) is 0 Å². The van der Waals surface area contributed by atoms with Gasteiger partial charge in [0.2, 0.25) is 0 Å². The molecule has 23 heavy (non-hydrogen) atoms. The number of hydrogen-bond donors (Lipinski definition) is 1. The lowest BCUT2D eigenvalue weighted by Gasteiger charge is -2.04. The summed E-state index contributed by atoms with van der Waals surface area (Å²) < 4.78 is 1.06. The highest BCUT2D eigenvalue weighted by molar-refractivity contribution is 8.00. The molecule has 2 N–H and O–H groups in total. The molecule has 120 valence electrons. The number of hydrogen-bond acceptors (Lipinski definition) is 7. The fourth-order valence-electron chi connectivity index (χ4n) is 3.00. The van der Waals surface area contributed by atoms with Crippen molar-refractivity contribution >= 4 is 50.5 Å². The van der Waals surface area contributed by atoms with E-state index < -0.39 is 0 Å². The normalized spacial score (nSPS) is 14.8. The van der Waals surface area contributed by atoms with Crippen LogP contribution in [0.4, 0.5) is 5.82 Å². The molecule has 0 spiro atoms. The number of thiophene rings is 1. The van der Waals surface area contributed by atoms with Crippen molar-refractivity contribution in [2.45, 2.75) is 49.1 Å². The number of anilines is 1. The average Bonchev–Trinajstić information content (AvgIpc) is 3.02. The van der Waals surface area contributed by atoms with Crippen LogP contribution in [0.15, 0.2) is 9.72 Å². The standard InChI is InChI=1S/C16H18N4S3/c1-9-7-21-16(18-9)22-8-12-19-14(17)13-10-5-3-2-4-6-11(10)23-15(13)20-12/h7H,2-6,8H2,1H3,(H2,17,19,20). The number of thiazole rings is 1. The number of nitrogens with zero attached hydrogens (tertiary/aromatic N) is 3.